The van der Waals surface area contributed by atoms with E-state index in [1.165, 1.54) is 5.56 Å². The van der Waals surface area contributed by atoms with Gasteiger partial charge in [0.15, 0.2) is 11.5 Å². The van der Waals surface area contributed by atoms with E-state index in [0.29, 0.717) is 18.0 Å². The first-order valence-corrected chi connectivity index (χ1v) is 11.7. The molecule has 34 heavy (non-hydrogen) atoms. The lowest BCUT2D eigenvalue weighted by Crippen LogP contribution is -2.20. The first-order chi connectivity index (χ1) is 16.5. The summed E-state index contributed by atoms with van der Waals surface area (Å²) in [4.78, 5) is 17.4. The lowest BCUT2D eigenvalue weighted by molar-refractivity contribution is -0.116. The van der Waals surface area contributed by atoms with Crippen LogP contribution in [0.25, 0.3) is 22.2 Å². The number of rotatable bonds is 6. The van der Waals surface area contributed by atoms with Gasteiger partial charge in [0, 0.05) is 17.8 Å². The van der Waals surface area contributed by atoms with E-state index >= 15 is 0 Å². The van der Waals surface area contributed by atoms with Crippen molar-refractivity contribution in [3.8, 4) is 11.1 Å². The number of amides is 1. The summed E-state index contributed by atoms with van der Waals surface area (Å²) in [5.41, 5.74) is 5.99. The Morgan fingerprint density at radius 2 is 1.85 bits per heavy atom. The summed E-state index contributed by atoms with van der Waals surface area (Å²) in [6, 6.07) is 20.4. The number of benzene rings is 2. The third-order valence-electron chi connectivity index (χ3n) is 5.59. The number of aryl methyl sites for hydroxylation is 2. The number of carbonyl (C=O) groups is 1. The first-order valence-electron chi connectivity index (χ1n) is 10.9. The summed E-state index contributed by atoms with van der Waals surface area (Å²) in [5, 5.41) is 13.0. The molecule has 5 rings (SSSR count). The topological polar surface area (TPSA) is 77.6 Å². The second kappa shape index (κ2) is 9.23. The highest BCUT2D eigenvalue weighted by Crippen LogP contribution is 2.29. The molecule has 0 fully saturated rings. The molecule has 0 unspecified atom stereocenters. The standard InChI is InChI=1S/C26H23BrN6O/c1-17-7-6-8-19(13-17)14-32-15-22(27)25(31-32)29-23(34)16-33-26-24(18(2)30-33)21(11-12-28-26)20-9-4-3-5-10-20/h3-13,15H,14,16H2,1-2H3,(H,29,31,34). The minimum Gasteiger partial charge on any atom is -0.307 e. The molecular formula is C26H23BrN6O. The number of carbonyl (C=O) groups excluding carboxylic acids is 1. The molecule has 1 N–H and O–H groups in total. The summed E-state index contributed by atoms with van der Waals surface area (Å²) < 4.78 is 4.17. The molecule has 0 spiro atoms. The van der Waals surface area contributed by atoms with E-state index in [1.54, 1.807) is 15.6 Å². The molecule has 2 aromatic carbocycles. The van der Waals surface area contributed by atoms with E-state index < -0.39 is 0 Å². The predicted octanol–water partition coefficient (Wildman–Crippen LogP) is 5.36. The molecule has 5 aromatic rings. The van der Waals surface area contributed by atoms with Gasteiger partial charge in [-0.05, 0) is 52.5 Å². The van der Waals surface area contributed by atoms with Crippen LogP contribution in [0.5, 0.6) is 0 Å². The van der Waals surface area contributed by atoms with Crippen molar-refractivity contribution < 1.29 is 4.79 Å². The van der Waals surface area contributed by atoms with Gasteiger partial charge in [-0.2, -0.15) is 10.2 Å². The average Bonchev–Trinajstić information content (AvgIpc) is 3.32. The summed E-state index contributed by atoms with van der Waals surface area (Å²) in [6.45, 7) is 4.65. The Labute approximate surface area is 205 Å². The zero-order valence-electron chi connectivity index (χ0n) is 18.9. The van der Waals surface area contributed by atoms with Gasteiger partial charge in [-0.25, -0.2) is 9.67 Å². The van der Waals surface area contributed by atoms with Crippen LogP contribution in [-0.4, -0.2) is 30.5 Å². The van der Waals surface area contributed by atoms with Crippen LogP contribution in [0.15, 0.2) is 77.5 Å². The van der Waals surface area contributed by atoms with Crippen LogP contribution in [0.1, 0.15) is 16.8 Å². The highest BCUT2D eigenvalue weighted by atomic mass is 79.9. The maximum Gasteiger partial charge on any atom is 0.247 e. The lowest BCUT2D eigenvalue weighted by atomic mass is 10.0. The van der Waals surface area contributed by atoms with Crippen molar-refractivity contribution in [2.45, 2.75) is 26.9 Å². The molecule has 0 saturated carbocycles. The zero-order chi connectivity index (χ0) is 23.7. The zero-order valence-corrected chi connectivity index (χ0v) is 20.5. The van der Waals surface area contributed by atoms with Crippen molar-refractivity contribution in [1.82, 2.24) is 24.5 Å². The summed E-state index contributed by atoms with van der Waals surface area (Å²) in [5.74, 6) is 0.251. The van der Waals surface area contributed by atoms with E-state index in [4.69, 9.17) is 0 Å². The largest absolute Gasteiger partial charge is 0.307 e. The quantitative estimate of drug-likeness (QED) is 0.330. The highest BCUT2D eigenvalue weighted by Gasteiger charge is 2.17. The molecule has 0 saturated heterocycles. The number of halogens is 1. The van der Waals surface area contributed by atoms with Crippen molar-refractivity contribution in [1.29, 1.82) is 0 Å². The minimum atomic E-state index is -0.224. The Morgan fingerprint density at radius 1 is 1.03 bits per heavy atom. The van der Waals surface area contributed by atoms with Gasteiger partial charge in [0.2, 0.25) is 5.91 Å². The van der Waals surface area contributed by atoms with E-state index in [2.05, 4.69) is 73.7 Å². The molecule has 0 atom stereocenters. The third kappa shape index (κ3) is 4.49. The Morgan fingerprint density at radius 3 is 2.65 bits per heavy atom. The van der Waals surface area contributed by atoms with Crippen LogP contribution in [0.2, 0.25) is 0 Å². The second-order valence-corrected chi connectivity index (χ2v) is 9.08. The van der Waals surface area contributed by atoms with Gasteiger partial charge < -0.3 is 5.32 Å². The highest BCUT2D eigenvalue weighted by molar-refractivity contribution is 9.10. The number of aromatic nitrogens is 5. The van der Waals surface area contributed by atoms with Crippen LogP contribution < -0.4 is 5.32 Å². The third-order valence-corrected chi connectivity index (χ3v) is 6.17. The van der Waals surface area contributed by atoms with Gasteiger partial charge in [0.25, 0.3) is 0 Å². The fourth-order valence-electron chi connectivity index (χ4n) is 4.12. The summed E-state index contributed by atoms with van der Waals surface area (Å²) in [7, 11) is 0. The molecule has 3 aromatic heterocycles. The number of hydrogen-bond donors (Lipinski definition) is 1. The molecular weight excluding hydrogens is 492 g/mol. The van der Waals surface area contributed by atoms with Gasteiger partial charge in [-0.3, -0.25) is 9.48 Å². The van der Waals surface area contributed by atoms with Crippen molar-refractivity contribution in [3.05, 3.63) is 94.4 Å². The number of nitrogens with zero attached hydrogens (tertiary/aromatic N) is 5. The maximum absolute atomic E-state index is 12.9. The maximum atomic E-state index is 12.9. The Bertz CT molecular complexity index is 1490. The molecule has 3 heterocycles. The van der Waals surface area contributed by atoms with E-state index in [1.807, 2.05) is 43.5 Å². The van der Waals surface area contributed by atoms with Crippen LogP contribution in [0.4, 0.5) is 5.82 Å². The second-order valence-electron chi connectivity index (χ2n) is 8.23. The van der Waals surface area contributed by atoms with Crippen molar-refractivity contribution in [3.63, 3.8) is 0 Å². The van der Waals surface area contributed by atoms with Crippen LogP contribution in [0, 0.1) is 13.8 Å². The Balaban J connectivity index is 1.35. The van der Waals surface area contributed by atoms with Gasteiger partial charge in [-0.15, -0.1) is 0 Å². The minimum absolute atomic E-state index is 0.0345. The SMILES string of the molecule is Cc1cccc(Cn2cc(Br)c(NC(=O)Cn3nc(C)c4c(-c5ccccc5)ccnc43)n2)c1. The summed E-state index contributed by atoms with van der Waals surface area (Å²) >= 11 is 3.51. The van der Waals surface area contributed by atoms with Crippen molar-refractivity contribution in [2.24, 2.45) is 0 Å². The van der Waals surface area contributed by atoms with Crippen LogP contribution >= 0.6 is 15.9 Å². The predicted molar refractivity (Wildman–Crippen MR) is 137 cm³/mol. The molecule has 7 nitrogen and oxygen atoms in total. The smallest absolute Gasteiger partial charge is 0.247 e. The Hall–Kier alpha value is -3.78. The van der Waals surface area contributed by atoms with Gasteiger partial charge in [0.1, 0.15) is 6.54 Å². The number of hydrogen-bond acceptors (Lipinski definition) is 4. The van der Waals surface area contributed by atoms with E-state index in [0.717, 1.165) is 32.2 Å². The van der Waals surface area contributed by atoms with Gasteiger partial charge in [0.05, 0.1) is 16.7 Å². The number of nitrogens with one attached hydrogen (secondary N) is 1. The molecule has 0 aliphatic heterocycles. The first kappa shape index (κ1) is 22.0. The molecule has 0 radical (unpaired) electrons. The number of anilines is 1. The van der Waals surface area contributed by atoms with Gasteiger partial charge >= 0.3 is 0 Å². The molecule has 1 amide bonds. The molecule has 170 valence electrons. The molecule has 8 heteroatoms. The fourth-order valence-corrected chi connectivity index (χ4v) is 4.53. The molecule has 0 aliphatic carbocycles. The lowest BCUT2D eigenvalue weighted by Gasteiger charge is -2.06. The number of fused-ring (bicyclic) bond motifs is 1. The Kier molecular flexibility index (Phi) is 5.98. The van der Waals surface area contributed by atoms with E-state index in [9.17, 15) is 4.79 Å². The molecule has 0 bridgehead atoms. The monoisotopic (exact) mass is 514 g/mol. The van der Waals surface area contributed by atoms with E-state index in [-0.39, 0.29) is 12.5 Å². The summed E-state index contributed by atoms with van der Waals surface area (Å²) in [6.07, 6.45) is 3.61. The van der Waals surface area contributed by atoms with Gasteiger partial charge in [-0.1, -0.05) is 60.2 Å². The average molecular weight is 515 g/mol. The van der Waals surface area contributed by atoms with Crippen molar-refractivity contribution in [2.75, 3.05) is 5.32 Å². The molecule has 0 aliphatic rings. The fraction of sp³-hybridized carbons (Fsp3) is 0.154. The van der Waals surface area contributed by atoms with Crippen LogP contribution in [0.3, 0.4) is 0 Å². The number of pyridine rings is 1. The van der Waals surface area contributed by atoms with Crippen molar-refractivity contribution >= 4 is 38.7 Å². The normalized spacial score (nSPS) is 11.1. The van der Waals surface area contributed by atoms with Crippen LogP contribution in [-0.2, 0) is 17.9 Å².